The SMILES string of the molecule is CNC(C)C(=O)NC1CN(C(=O)CCCCc2ccc(CCCCC(=O)N3CCC4CCC(C(=O)NC(c5ccccc5)c5ccccc5)N4C(=O)C(NC(=O)C(C)NC)C3)cc2)CCC2CCC(C(=O)NC(c3ccccc3)c3ccccc3)N2C1=O. The molecule has 6 N–H and O–H groups in total. The quantitative estimate of drug-likeness (QED) is 0.0379. The highest BCUT2D eigenvalue weighted by atomic mass is 16.2. The van der Waals surface area contributed by atoms with Crippen molar-refractivity contribution in [2.45, 2.75) is 164 Å². The number of carbonyl (C=O) groups excluding carboxylic acids is 8. The predicted molar refractivity (Wildman–Crippen MR) is 338 cm³/mol. The highest BCUT2D eigenvalue weighted by Gasteiger charge is 2.48. The average molecular weight is 1200 g/mol. The first-order chi connectivity index (χ1) is 42.7. The summed E-state index contributed by atoms with van der Waals surface area (Å²) in [7, 11) is 3.34. The van der Waals surface area contributed by atoms with Crippen LogP contribution in [0.5, 0.6) is 0 Å². The molecule has 4 heterocycles. The number of carbonyl (C=O) groups is 8. The summed E-state index contributed by atoms with van der Waals surface area (Å²) in [6, 6.07) is 41.3. The zero-order valence-corrected chi connectivity index (χ0v) is 51.4. The van der Waals surface area contributed by atoms with Gasteiger partial charge in [-0.25, -0.2) is 0 Å². The van der Waals surface area contributed by atoms with Crippen LogP contribution in [0.1, 0.15) is 136 Å². The molecule has 4 aliphatic heterocycles. The Morgan fingerprint density at radius 3 is 1.09 bits per heavy atom. The van der Waals surface area contributed by atoms with Gasteiger partial charge in [0, 0.05) is 51.1 Å². The Kier molecular flexibility index (Phi) is 22.7. The minimum absolute atomic E-state index is 0.00876. The van der Waals surface area contributed by atoms with Crippen molar-refractivity contribution >= 4 is 47.3 Å². The maximum atomic E-state index is 14.7. The van der Waals surface area contributed by atoms with Crippen LogP contribution in [-0.4, -0.2) is 155 Å². The third-order valence-corrected chi connectivity index (χ3v) is 18.3. The molecule has 4 fully saturated rings. The molecule has 0 bridgehead atoms. The van der Waals surface area contributed by atoms with E-state index in [1.54, 1.807) is 47.5 Å². The predicted octanol–water partition coefficient (Wildman–Crippen LogP) is 6.29. The number of unbranched alkanes of at least 4 members (excludes halogenated alkanes) is 2. The number of amides is 8. The van der Waals surface area contributed by atoms with Crippen molar-refractivity contribution in [3.63, 3.8) is 0 Å². The van der Waals surface area contributed by atoms with Gasteiger partial charge >= 0.3 is 0 Å². The summed E-state index contributed by atoms with van der Waals surface area (Å²) in [5, 5.41) is 18.2. The van der Waals surface area contributed by atoms with Gasteiger partial charge in [0.1, 0.15) is 24.2 Å². The second-order valence-electron chi connectivity index (χ2n) is 24.1. The van der Waals surface area contributed by atoms with Crippen LogP contribution in [-0.2, 0) is 51.2 Å². The number of benzene rings is 5. The molecule has 466 valence electrons. The Morgan fingerprint density at radius 2 is 0.773 bits per heavy atom. The summed E-state index contributed by atoms with van der Waals surface area (Å²) in [6.45, 7) is 4.23. The molecule has 0 aliphatic carbocycles. The van der Waals surface area contributed by atoms with Gasteiger partial charge in [0.25, 0.3) is 0 Å². The Bertz CT molecular complexity index is 2870. The molecular weight excluding hydrogens is 1110 g/mol. The molecule has 0 spiro atoms. The van der Waals surface area contributed by atoms with Crippen molar-refractivity contribution in [1.82, 2.24) is 51.5 Å². The minimum atomic E-state index is -1.03. The second kappa shape index (κ2) is 31.1. The number of nitrogens with zero attached hydrogens (tertiary/aromatic N) is 4. The molecule has 5 aromatic rings. The van der Waals surface area contributed by atoms with Crippen LogP contribution in [0, 0.1) is 0 Å². The maximum Gasteiger partial charge on any atom is 0.247 e. The number of fused-ring (bicyclic) bond motifs is 2. The van der Waals surface area contributed by atoms with Crippen LogP contribution in [0.2, 0.25) is 0 Å². The Hall–Kier alpha value is -8.22. The van der Waals surface area contributed by atoms with Gasteiger partial charge in [0.05, 0.1) is 24.2 Å². The molecule has 18 nitrogen and oxygen atoms in total. The van der Waals surface area contributed by atoms with Crippen LogP contribution in [0.15, 0.2) is 146 Å². The lowest BCUT2D eigenvalue weighted by Crippen LogP contribution is -2.62. The molecule has 18 heteroatoms. The van der Waals surface area contributed by atoms with Crippen molar-refractivity contribution in [2.24, 2.45) is 0 Å². The van der Waals surface area contributed by atoms with Gasteiger partial charge in [-0.05, 0) is 138 Å². The molecule has 8 amide bonds. The van der Waals surface area contributed by atoms with Crippen molar-refractivity contribution in [3.05, 3.63) is 179 Å². The van der Waals surface area contributed by atoms with Crippen molar-refractivity contribution in [2.75, 3.05) is 40.3 Å². The summed E-state index contributed by atoms with van der Waals surface area (Å²) in [4.78, 5) is 119. The average Bonchev–Trinajstić information content (AvgIpc) is 2.14. The largest absolute Gasteiger partial charge is 0.343 e. The zero-order valence-electron chi connectivity index (χ0n) is 51.4. The molecule has 88 heavy (non-hydrogen) atoms. The lowest BCUT2D eigenvalue weighted by atomic mass is 9.98. The first-order valence-electron chi connectivity index (χ1n) is 31.7. The standard InChI is InChI=1S/C70H88N10O8/c1-47(71-3)65(83)73-57-45-77(43-41-55-37-39-59(79(55)69(57)87)67(85)75-63(51-23-9-5-10-24-51)52-25-11-6-12-26-52)61(81)31-19-17-21-49-33-35-50(36-34-49)22-18-20-32-62(82)78-44-42-56-38-40-60(80(56)70(88)58(46-78)74-66(84)48(2)72-4)68(86)76-64(53-27-13-7-14-28-53)54-29-15-8-16-30-54/h5-16,23-30,33-36,47-48,55-60,63-64,71-72H,17-22,31-32,37-46H2,1-4H3,(H,73,83)(H,74,84)(H,75,85)(H,76,86). The number of rotatable bonds is 24. The highest BCUT2D eigenvalue weighted by molar-refractivity contribution is 5.96. The lowest BCUT2D eigenvalue weighted by molar-refractivity contribution is -0.147. The molecule has 0 radical (unpaired) electrons. The first-order valence-corrected chi connectivity index (χ1v) is 31.7. The van der Waals surface area contributed by atoms with E-state index in [4.69, 9.17) is 0 Å². The highest BCUT2D eigenvalue weighted by Crippen LogP contribution is 2.34. The smallest absolute Gasteiger partial charge is 0.247 e. The van der Waals surface area contributed by atoms with Crippen LogP contribution in [0.3, 0.4) is 0 Å². The van der Waals surface area contributed by atoms with E-state index in [0.29, 0.717) is 77.3 Å². The van der Waals surface area contributed by atoms with Gasteiger partial charge in [-0.2, -0.15) is 0 Å². The summed E-state index contributed by atoms with van der Waals surface area (Å²) in [6.07, 6.45) is 8.15. The van der Waals surface area contributed by atoms with Gasteiger partial charge < -0.3 is 51.5 Å². The van der Waals surface area contributed by atoms with E-state index in [1.807, 2.05) is 121 Å². The monoisotopic (exact) mass is 1200 g/mol. The van der Waals surface area contributed by atoms with E-state index < -0.39 is 48.3 Å². The van der Waals surface area contributed by atoms with Gasteiger partial charge in [-0.3, -0.25) is 38.4 Å². The molecular formula is C70H88N10O8. The molecule has 0 saturated carbocycles. The molecule has 5 aromatic carbocycles. The fraction of sp³-hybridized carbons (Fsp3) is 0.457. The Balaban J connectivity index is 0.742. The van der Waals surface area contributed by atoms with Gasteiger partial charge in [0.2, 0.25) is 47.3 Å². The Morgan fingerprint density at radius 1 is 0.443 bits per heavy atom. The normalized spacial score (nSPS) is 21.1. The van der Waals surface area contributed by atoms with E-state index in [9.17, 15) is 38.4 Å². The van der Waals surface area contributed by atoms with Crippen LogP contribution in [0.4, 0.5) is 0 Å². The number of likely N-dealkylation sites (N-methyl/N-ethyl adjacent to an activating group) is 2. The summed E-state index contributed by atoms with van der Waals surface area (Å²) in [5.41, 5.74) is 5.99. The van der Waals surface area contributed by atoms with Crippen LogP contribution < -0.4 is 31.9 Å². The number of hydrogen-bond donors (Lipinski definition) is 6. The third-order valence-electron chi connectivity index (χ3n) is 18.3. The topological polar surface area (TPSA) is 222 Å². The summed E-state index contributed by atoms with van der Waals surface area (Å²) in [5.74, 6) is -2.12. The minimum Gasteiger partial charge on any atom is -0.343 e. The van der Waals surface area contributed by atoms with Crippen LogP contribution in [0.25, 0.3) is 0 Å². The summed E-state index contributed by atoms with van der Waals surface area (Å²) < 4.78 is 0. The van der Waals surface area contributed by atoms with Crippen LogP contribution >= 0.6 is 0 Å². The van der Waals surface area contributed by atoms with E-state index in [2.05, 4.69) is 56.2 Å². The number of hydrogen-bond acceptors (Lipinski definition) is 10. The van der Waals surface area contributed by atoms with E-state index >= 15 is 0 Å². The third kappa shape index (κ3) is 16.3. The fourth-order valence-corrected chi connectivity index (χ4v) is 13.0. The molecule has 4 aliphatic rings. The van der Waals surface area contributed by atoms with Crippen molar-refractivity contribution in [3.8, 4) is 0 Å². The summed E-state index contributed by atoms with van der Waals surface area (Å²) >= 11 is 0. The van der Waals surface area contributed by atoms with E-state index in [1.165, 1.54) is 0 Å². The maximum absolute atomic E-state index is 14.7. The van der Waals surface area contributed by atoms with Gasteiger partial charge in [-0.1, -0.05) is 146 Å². The molecule has 4 saturated heterocycles. The molecule has 8 unspecified atom stereocenters. The molecule has 9 rings (SSSR count). The molecule has 8 atom stereocenters. The van der Waals surface area contributed by atoms with Gasteiger partial charge in [0.15, 0.2) is 0 Å². The van der Waals surface area contributed by atoms with E-state index in [0.717, 1.165) is 59.1 Å². The first kappa shape index (κ1) is 64.3. The fourth-order valence-electron chi connectivity index (χ4n) is 13.0. The number of aryl methyl sites for hydroxylation is 2. The second-order valence-corrected chi connectivity index (χ2v) is 24.1. The van der Waals surface area contributed by atoms with Gasteiger partial charge in [-0.15, -0.1) is 0 Å². The Labute approximate surface area is 518 Å². The zero-order chi connectivity index (χ0) is 62.1. The molecule has 0 aromatic heterocycles. The number of nitrogens with one attached hydrogen (secondary N) is 6. The van der Waals surface area contributed by atoms with E-state index in [-0.39, 0.29) is 72.4 Å². The van der Waals surface area contributed by atoms with Crippen molar-refractivity contribution < 1.29 is 38.4 Å². The van der Waals surface area contributed by atoms with Crippen molar-refractivity contribution in [1.29, 1.82) is 0 Å². The lowest BCUT2D eigenvalue weighted by Gasteiger charge is -2.39.